The summed E-state index contributed by atoms with van der Waals surface area (Å²) < 4.78 is 25.6. The fourth-order valence-corrected chi connectivity index (χ4v) is 3.09. The van der Waals surface area contributed by atoms with Crippen molar-refractivity contribution in [2.24, 2.45) is 5.73 Å². The molecule has 0 atom stereocenters. The number of nitrogens with zero attached hydrogens (tertiary/aromatic N) is 1. The van der Waals surface area contributed by atoms with Gasteiger partial charge in [-0.15, -0.1) is 0 Å². The van der Waals surface area contributed by atoms with E-state index in [9.17, 15) is 8.42 Å². The van der Waals surface area contributed by atoms with Crippen LogP contribution in [0, 0.1) is 0 Å². The summed E-state index contributed by atoms with van der Waals surface area (Å²) in [7, 11) is -1.67. The monoisotopic (exact) mass is 270 g/mol. The molecule has 0 aliphatic rings. The van der Waals surface area contributed by atoms with E-state index in [1.807, 2.05) is 24.3 Å². The van der Waals surface area contributed by atoms with Crippen LogP contribution in [-0.2, 0) is 10.0 Å². The molecule has 0 aliphatic heterocycles. The Balaban J connectivity index is 3.07. The Labute approximate surface area is 110 Å². The lowest BCUT2D eigenvalue weighted by Gasteiger charge is -2.23. The summed E-state index contributed by atoms with van der Waals surface area (Å²) in [6, 6.07) is 7.60. The maximum Gasteiger partial charge on any atom is 0.234 e. The lowest BCUT2D eigenvalue weighted by molar-refractivity contribution is 0.591. The molecule has 0 radical (unpaired) electrons. The van der Waals surface area contributed by atoms with Crippen LogP contribution < -0.4 is 10.0 Å². The molecule has 1 rings (SSSR count). The summed E-state index contributed by atoms with van der Waals surface area (Å²) in [4.78, 5) is 0. The van der Waals surface area contributed by atoms with E-state index in [0.717, 1.165) is 11.3 Å². The van der Waals surface area contributed by atoms with E-state index in [0.29, 0.717) is 13.0 Å². The van der Waals surface area contributed by atoms with Crippen LogP contribution in [0.3, 0.4) is 0 Å². The highest BCUT2D eigenvalue weighted by molar-refractivity contribution is 7.92. The van der Waals surface area contributed by atoms with Crippen molar-refractivity contribution < 1.29 is 8.42 Å². The van der Waals surface area contributed by atoms with Gasteiger partial charge in [-0.05, 0) is 30.5 Å². The number of benzene rings is 1. The van der Waals surface area contributed by atoms with E-state index in [-0.39, 0.29) is 11.7 Å². The normalized spacial score (nSPS) is 11.8. The maximum absolute atomic E-state index is 12.1. The molecule has 4 nitrogen and oxygen atoms in total. The van der Waals surface area contributed by atoms with E-state index in [2.05, 4.69) is 13.8 Å². The van der Waals surface area contributed by atoms with E-state index in [4.69, 9.17) is 5.73 Å². The highest BCUT2D eigenvalue weighted by atomic mass is 32.2. The molecule has 0 bridgehead atoms. The average Bonchev–Trinajstić information content (AvgIpc) is 2.35. The van der Waals surface area contributed by atoms with Crippen LogP contribution >= 0.6 is 0 Å². The summed E-state index contributed by atoms with van der Waals surface area (Å²) in [5.74, 6) is 0.375. The van der Waals surface area contributed by atoms with Crippen LogP contribution in [0.25, 0.3) is 0 Å². The number of anilines is 1. The molecule has 18 heavy (non-hydrogen) atoms. The first-order chi connectivity index (χ1) is 8.40. The second-order valence-corrected chi connectivity index (χ2v) is 6.76. The smallest absolute Gasteiger partial charge is 0.234 e. The van der Waals surface area contributed by atoms with Gasteiger partial charge in [0.2, 0.25) is 10.0 Å². The molecule has 0 aliphatic carbocycles. The first-order valence-electron chi connectivity index (χ1n) is 6.15. The van der Waals surface area contributed by atoms with Gasteiger partial charge in [0.25, 0.3) is 0 Å². The third-order valence-electron chi connectivity index (χ3n) is 2.92. The molecule has 0 fully saturated rings. The Kier molecular flexibility index (Phi) is 5.16. The molecular formula is C13H22N2O2S. The van der Waals surface area contributed by atoms with Gasteiger partial charge in [-0.3, -0.25) is 4.31 Å². The summed E-state index contributed by atoms with van der Waals surface area (Å²) in [5, 5.41) is 0. The van der Waals surface area contributed by atoms with Gasteiger partial charge in [0, 0.05) is 7.05 Å². The molecular weight excluding hydrogens is 248 g/mol. The largest absolute Gasteiger partial charge is 0.330 e. The van der Waals surface area contributed by atoms with Crippen molar-refractivity contribution >= 4 is 15.7 Å². The summed E-state index contributed by atoms with van der Waals surface area (Å²) in [6.07, 6.45) is 0.483. The van der Waals surface area contributed by atoms with Crippen LogP contribution in [0.4, 0.5) is 5.69 Å². The van der Waals surface area contributed by atoms with Crippen LogP contribution in [0.15, 0.2) is 24.3 Å². The van der Waals surface area contributed by atoms with Crippen LogP contribution in [0.5, 0.6) is 0 Å². The third-order valence-corrected chi connectivity index (χ3v) is 4.76. The Morgan fingerprint density at radius 1 is 1.28 bits per heavy atom. The van der Waals surface area contributed by atoms with Crippen molar-refractivity contribution in [3.8, 4) is 0 Å². The second-order valence-electron chi connectivity index (χ2n) is 4.64. The van der Waals surface area contributed by atoms with Crippen molar-refractivity contribution in [3.63, 3.8) is 0 Å². The Hall–Kier alpha value is -1.07. The van der Waals surface area contributed by atoms with E-state index in [1.54, 1.807) is 7.05 Å². The molecule has 5 heteroatoms. The SMILES string of the molecule is CC(C)c1ccccc1N(C)S(=O)(=O)CCCN. The van der Waals surface area contributed by atoms with Gasteiger partial charge >= 0.3 is 0 Å². The van der Waals surface area contributed by atoms with Crippen molar-refractivity contribution in [1.29, 1.82) is 0 Å². The molecule has 0 aromatic heterocycles. The lowest BCUT2D eigenvalue weighted by Crippen LogP contribution is -2.30. The zero-order valence-electron chi connectivity index (χ0n) is 11.3. The van der Waals surface area contributed by atoms with Crippen molar-refractivity contribution in [3.05, 3.63) is 29.8 Å². The molecule has 0 spiro atoms. The average molecular weight is 270 g/mol. The number of nitrogens with two attached hydrogens (primary N) is 1. The molecule has 2 N–H and O–H groups in total. The first kappa shape index (κ1) is 15.0. The van der Waals surface area contributed by atoms with Crippen LogP contribution in [0.2, 0.25) is 0 Å². The number of hydrogen-bond acceptors (Lipinski definition) is 3. The van der Waals surface area contributed by atoms with Gasteiger partial charge in [-0.25, -0.2) is 8.42 Å². The predicted octanol–water partition coefficient (Wildman–Crippen LogP) is 1.92. The fraction of sp³-hybridized carbons (Fsp3) is 0.538. The summed E-state index contributed by atoms with van der Waals surface area (Å²) in [5.41, 5.74) is 7.16. The fourth-order valence-electron chi connectivity index (χ4n) is 1.82. The Bertz CT molecular complexity index is 484. The molecule has 1 aromatic carbocycles. The molecule has 0 saturated heterocycles. The standard InChI is InChI=1S/C13H22N2O2S/c1-11(2)12-7-4-5-8-13(12)15(3)18(16,17)10-6-9-14/h4-5,7-8,11H,6,9-10,14H2,1-3H3. The quantitative estimate of drug-likeness (QED) is 0.859. The van der Waals surface area contributed by atoms with Gasteiger partial charge < -0.3 is 5.73 Å². The van der Waals surface area contributed by atoms with Crippen LogP contribution in [-0.4, -0.2) is 27.8 Å². The minimum Gasteiger partial charge on any atom is -0.330 e. The Morgan fingerprint density at radius 2 is 1.89 bits per heavy atom. The minimum atomic E-state index is -3.28. The molecule has 0 amide bonds. The van der Waals surface area contributed by atoms with E-state index >= 15 is 0 Å². The molecule has 0 saturated carbocycles. The van der Waals surface area contributed by atoms with Gasteiger partial charge in [-0.1, -0.05) is 32.0 Å². The highest BCUT2D eigenvalue weighted by Gasteiger charge is 2.20. The second kappa shape index (κ2) is 6.20. The van der Waals surface area contributed by atoms with E-state index in [1.165, 1.54) is 4.31 Å². The van der Waals surface area contributed by atoms with Crippen LogP contribution in [0.1, 0.15) is 31.7 Å². The van der Waals surface area contributed by atoms with Gasteiger partial charge in [0.05, 0.1) is 11.4 Å². The molecule has 1 aromatic rings. The van der Waals surface area contributed by atoms with Crippen molar-refractivity contribution in [2.45, 2.75) is 26.2 Å². The zero-order chi connectivity index (χ0) is 13.8. The number of para-hydroxylation sites is 1. The van der Waals surface area contributed by atoms with Crippen molar-refractivity contribution in [1.82, 2.24) is 0 Å². The number of hydrogen-bond donors (Lipinski definition) is 1. The molecule has 102 valence electrons. The highest BCUT2D eigenvalue weighted by Crippen LogP contribution is 2.28. The predicted molar refractivity (Wildman–Crippen MR) is 76.4 cm³/mol. The Morgan fingerprint density at radius 3 is 2.44 bits per heavy atom. The summed E-state index contributed by atoms with van der Waals surface area (Å²) in [6.45, 7) is 4.50. The molecule has 0 heterocycles. The minimum absolute atomic E-state index is 0.0897. The van der Waals surface area contributed by atoms with Gasteiger partial charge in [0.1, 0.15) is 0 Å². The topological polar surface area (TPSA) is 63.4 Å². The number of rotatable bonds is 6. The van der Waals surface area contributed by atoms with Gasteiger partial charge in [0.15, 0.2) is 0 Å². The molecule has 0 unspecified atom stereocenters. The zero-order valence-corrected chi connectivity index (χ0v) is 12.1. The van der Waals surface area contributed by atoms with Gasteiger partial charge in [-0.2, -0.15) is 0 Å². The first-order valence-corrected chi connectivity index (χ1v) is 7.76. The summed E-state index contributed by atoms with van der Waals surface area (Å²) >= 11 is 0. The van der Waals surface area contributed by atoms with Crippen molar-refractivity contribution in [2.75, 3.05) is 23.7 Å². The lowest BCUT2D eigenvalue weighted by atomic mass is 10.0. The maximum atomic E-state index is 12.1. The number of sulfonamides is 1. The third kappa shape index (κ3) is 3.46. The van der Waals surface area contributed by atoms with E-state index < -0.39 is 10.0 Å².